The van der Waals surface area contributed by atoms with Crippen molar-refractivity contribution in [3.05, 3.63) is 59.0 Å². The fraction of sp³-hybridized carbons (Fsp3) is 0.381. The van der Waals surface area contributed by atoms with Crippen LogP contribution in [0.1, 0.15) is 13.8 Å². The zero-order valence-electron chi connectivity index (χ0n) is 16.8. The Hall–Kier alpha value is -2.58. The molecule has 3 aromatic rings. The van der Waals surface area contributed by atoms with Crippen LogP contribution >= 0.6 is 0 Å². The number of fused-ring (bicyclic) bond motifs is 1. The molecule has 1 saturated heterocycles. The summed E-state index contributed by atoms with van der Waals surface area (Å²) in [4.78, 5) is 15.0. The fourth-order valence-corrected chi connectivity index (χ4v) is 5.49. The van der Waals surface area contributed by atoms with Gasteiger partial charge in [0.2, 0.25) is 10.0 Å². The van der Waals surface area contributed by atoms with Gasteiger partial charge >= 0.3 is 5.69 Å². The van der Waals surface area contributed by atoms with E-state index in [2.05, 4.69) is 4.90 Å². The summed E-state index contributed by atoms with van der Waals surface area (Å²) < 4.78 is 31.3. The lowest BCUT2D eigenvalue weighted by Crippen LogP contribution is -2.48. The maximum Gasteiger partial charge on any atom is 0.329 e. The summed E-state index contributed by atoms with van der Waals surface area (Å²) in [6.45, 7) is 7.03. The first-order valence-electron chi connectivity index (χ1n) is 10.0. The Bertz CT molecular complexity index is 1170. The van der Waals surface area contributed by atoms with Crippen LogP contribution in [0.15, 0.2) is 58.2 Å². The minimum absolute atomic E-state index is 0.101. The van der Waals surface area contributed by atoms with Crippen molar-refractivity contribution in [2.24, 2.45) is 0 Å². The van der Waals surface area contributed by atoms with Crippen LogP contribution < -0.4 is 10.6 Å². The molecule has 8 heteroatoms. The molecule has 1 aliphatic rings. The summed E-state index contributed by atoms with van der Waals surface area (Å²) in [5.74, 6) is 0. The molecule has 2 aromatic carbocycles. The van der Waals surface area contributed by atoms with Crippen molar-refractivity contribution in [1.29, 1.82) is 0 Å². The minimum Gasteiger partial charge on any atom is -0.369 e. The lowest BCUT2D eigenvalue weighted by Gasteiger charge is -2.35. The molecular weight excluding hydrogens is 388 g/mol. The smallest absolute Gasteiger partial charge is 0.329 e. The normalized spacial score (nSPS) is 15.9. The van der Waals surface area contributed by atoms with E-state index in [1.165, 1.54) is 0 Å². The van der Waals surface area contributed by atoms with Gasteiger partial charge in [-0.3, -0.25) is 9.13 Å². The van der Waals surface area contributed by atoms with Crippen molar-refractivity contribution < 1.29 is 8.42 Å². The van der Waals surface area contributed by atoms with Crippen LogP contribution in [0.5, 0.6) is 0 Å². The van der Waals surface area contributed by atoms with Crippen LogP contribution in [0.4, 0.5) is 5.69 Å². The Morgan fingerprint density at radius 1 is 0.828 bits per heavy atom. The Labute approximate surface area is 170 Å². The Balaban J connectivity index is 1.62. The molecular formula is C21H26N4O3S. The van der Waals surface area contributed by atoms with Gasteiger partial charge in [-0.25, -0.2) is 13.2 Å². The van der Waals surface area contributed by atoms with Crippen LogP contribution in [0, 0.1) is 0 Å². The first-order chi connectivity index (χ1) is 14.0. The lowest BCUT2D eigenvalue weighted by molar-refractivity contribution is 0.385. The highest BCUT2D eigenvalue weighted by Crippen LogP contribution is 2.24. The van der Waals surface area contributed by atoms with E-state index in [0.29, 0.717) is 44.8 Å². The van der Waals surface area contributed by atoms with Gasteiger partial charge in [0, 0.05) is 45.0 Å². The van der Waals surface area contributed by atoms with Gasteiger partial charge in [-0.15, -0.1) is 0 Å². The van der Waals surface area contributed by atoms with Gasteiger partial charge in [0.25, 0.3) is 0 Å². The average molecular weight is 415 g/mol. The summed E-state index contributed by atoms with van der Waals surface area (Å²) in [7, 11) is -3.61. The second kappa shape index (κ2) is 7.68. The zero-order valence-corrected chi connectivity index (χ0v) is 17.6. The molecule has 0 bridgehead atoms. The number of aryl methyl sites for hydroxylation is 2. The minimum atomic E-state index is -3.61. The van der Waals surface area contributed by atoms with E-state index in [1.54, 1.807) is 31.6 Å². The van der Waals surface area contributed by atoms with Gasteiger partial charge in [-0.1, -0.05) is 18.2 Å². The van der Waals surface area contributed by atoms with Gasteiger partial charge < -0.3 is 4.90 Å². The van der Waals surface area contributed by atoms with E-state index >= 15 is 0 Å². The van der Waals surface area contributed by atoms with Gasteiger partial charge in [-0.2, -0.15) is 4.31 Å². The molecule has 7 nitrogen and oxygen atoms in total. The van der Waals surface area contributed by atoms with Crippen molar-refractivity contribution in [2.75, 3.05) is 31.1 Å². The van der Waals surface area contributed by atoms with E-state index in [1.807, 2.05) is 44.2 Å². The topological polar surface area (TPSA) is 67.5 Å². The SMILES string of the molecule is CCn1c(=O)n(CC)c2cc(S(=O)(=O)N3CCN(c4ccccc4)CC3)ccc21. The summed E-state index contributed by atoms with van der Waals surface area (Å²) in [6.07, 6.45) is 0. The number of rotatable bonds is 5. The number of sulfonamides is 1. The molecule has 0 atom stereocenters. The number of hydrogen-bond acceptors (Lipinski definition) is 4. The van der Waals surface area contributed by atoms with E-state index in [0.717, 1.165) is 11.2 Å². The number of hydrogen-bond donors (Lipinski definition) is 0. The number of aromatic nitrogens is 2. The van der Waals surface area contributed by atoms with Gasteiger partial charge in [0.05, 0.1) is 15.9 Å². The maximum absolute atomic E-state index is 13.2. The number of anilines is 1. The molecule has 1 fully saturated rings. The summed E-state index contributed by atoms with van der Waals surface area (Å²) in [6, 6.07) is 15.0. The van der Waals surface area contributed by atoms with Gasteiger partial charge in [0.1, 0.15) is 0 Å². The molecule has 0 saturated carbocycles. The third kappa shape index (κ3) is 3.36. The third-order valence-corrected chi connectivity index (χ3v) is 7.52. The molecule has 0 aliphatic carbocycles. The Morgan fingerprint density at radius 3 is 2.07 bits per heavy atom. The first-order valence-corrected chi connectivity index (χ1v) is 11.4. The van der Waals surface area contributed by atoms with Crippen molar-refractivity contribution in [3.8, 4) is 0 Å². The van der Waals surface area contributed by atoms with Gasteiger partial charge in [0.15, 0.2) is 0 Å². The highest BCUT2D eigenvalue weighted by molar-refractivity contribution is 7.89. The first kappa shape index (κ1) is 19.7. The second-order valence-corrected chi connectivity index (χ2v) is 9.09. The largest absolute Gasteiger partial charge is 0.369 e. The van der Waals surface area contributed by atoms with Crippen LogP contribution in [-0.4, -0.2) is 48.0 Å². The van der Waals surface area contributed by atoms with Crippen molar-refractivity contribution in [1.82, 2.24) is 13.4 Å². The summed E-state index contributed by atoms with van der Waals surface area (Å²) in [5, 5.41) is 0. The van der Waals surface area contributed by atoms with E-state index in [-0.39, 0.29) is 10.6 Å². The summed E-state index contributed by atoms with van der Waals surface area (Å²) in [5.41, 5.74) is 2.45. The molecule has 0 N–H and O–H groups in total. The molecule has 154 valence electrons. The second-order valence-electron chi connectivity index (χ2n) is 7.15. The van der Waals surface area contributed by atoms with E-state index < -0.39 is 10.0 Å². The molecule has 0 spiro atoms. The highest BCUT2D eigenvalue weighted by Gasteiger charge is 2.29. The molecule has 1 aliphatic heterocycles. The molecule has 1 aromatic heterocycles. The zero-order chi connectivity index (χ0) is 20.6. The molecule has 4 rings (SSSR count). The predicted octanol–water partition coefficient (Wildman–Crippen LogP) is 2.35. The van der Waals surface area contributed by atoms with Crippen LogP contribution in [0.3, 0.4) is 0 Å². The van der Waals surface area contributed by atoms with E-state index in [9.17, 15) is 13.2 Å². The molecule has 2 heterocycles. The number of benzene rings is 2. The summed E-state index contributed by atoms with van der Waals surface area (Å²) >= 11 is 0. The maximum atomic E-state index is 13.2. The number of imidazole rings is 1. The lowest BCUT2D eigenvalue weighted by atomic mass is 10.2. The molecule has 0 unspecified atom stereocenters. The Kier molecular flexibility index (Phi) is 5.23. The number of piperazine rings is 1. The van der Waals surface area contributed by atoms with Crippen LogP contribution in [0.2, 0.25) is 0 Å². The van der Waals surface area contributed by atoms with Crippen molar-refractivity contribution >= 4 is 26.7 Å². The number of nitrogens with zero attached hydrogens (tertiary/aromatic N) is 4. The predicted molar refractivity (Wildman–Crippen MR) is 115 cm³/mol. The Morgan fingerprint density at radius 2 is 1.45 bits per heavy atom. The quantitative estimate of drug-likeness (QED) is 0.643. The standard InChI is InChI=1S/C21H26N4O3S/c1-3-24-19-11-10-18(16-20(19)25(4-2)21(24)26)29(27,28)23-14-12-22(13-15-23)17-8-6-5-7-9-17/h5-11,16H,3-4,12-15H2,1-2H3. The monoisotopic (exact) mass is 414 g/mol. The third-order valence-electron chi connectivity index (χ3n) is 5.62. The molecule has 0 amide bonds. The van der Waals surface area contributed by atoms with Crippen molar-refractivity contribution in [2.45, 2.75) is 31.8 Å². The van der Waals surface area contributed by atoms with E-state index in [4.69, 9.17) is 0 Å². The van der Waals surface area contributed by atoms with Crippen LogP contribution in [0.25, 0.3) is 11.0 Å². The molecule has 0 radical (unpaired) electrons. The van der Waals surface area contributed by atoms with Crippen LogP contribution in [-0.2, 0) is 23.1 Å². The van der Waals surface area contributed by atoms with Crippen molar-refractivity contribution in [3.63, 3.8) is 0 Å². The fourth-order valence-electron chi connectivity index (χ4n) is 4.05. The number of para-hydroxylation sites is 1. The molecule has 29 heavy (non-hydrogen) atoms. The highest BCUT2D eigenvalue weighted by atomic mass is 32.2. The average Bonchev–Trinajstić information content (AvgIpc) is 3.04. The van der Waals surface area contributed by atoms with Gasteiger partial charge in [-0.05, 0) is 44.2 Å².